The standard InChI is InChI=1S/C28H50N2O4S/c1-2-3-4-5-6-7-8-9-10-11-12-13-14-15-19-32-22-26-21-27(33-23-26)24-34-28(31)29-16-17-30-18-20-35-25-30/h18,20,25-27H,2-17,19,21-24H2,1H3/p+1/t26-,27-/m0/s1. The van der Waals surface area contributed by atoms with Crippen LogP contribution in [0.2, 0.25) is 0 Å². The summed E-state index contributed by atoms with van der Waals surface area (Å²) in [4.78, 5) is 11.8. The van der Waals surface area contributed by atoms with Crippen molar-refractivity contribution < 1.29 is 23.6 Å². The smallest absolute Gasteiger partial charge is 0.407 e. The summed E-state index contributed by atoms with van der Waals surface area (Å²) in [6.07, 6.45) is 21.8. The molecule has 1 fully saturated rings. The lowest BCUT2D eigenvalue weighted by Gasteiger charge is -2.11. The van der Waals surface area contributed by atoms with Crippen molar-refractivity contribution in [1.29, 1.82) is 0 Å². The van der Waals surface area contributed by atoms with Gasteiger partial charge in [0.1, 0.15) is 6.61 Å². The molecule has 1 saturated heterocycles. The number of aromatic nitrogens is 1. The minimum atomic E-state index is -0.373. The fraction of sp³-hybridized carbons (Fsp3) is 0.857. The van der Waals surface area contributed by atoms with Crippen LogP contribution >= 0.6 is 11.3 Å². The Balaban J connectivity index is 1.30. The number of hydrogen-bond donors (Lipinski definition) is 1. The number of amides is 1. The summed E-state index contributed by atoms with van der Waals surface area (Å²) in [5.74, 6) is 0.410. The Bertz CT molecular complexity index is 614. The monoisotopic (exact) mass is 511 g/mol. The molecule has 1 amide bonds. The molecule has 0 unspecified atom stereocenters. The second-order valence-corrected chi connectivity index (χ2v) is 10.8. The van der Waals surface area contributed by atoms with E-state index >= 15 is 0 Å². The van der Waals surface area contributed by atoms with Gasteiger partial charge in [-0.25, -0.2) is 4.79 Å². The number of rotatable bonds is 22. The minimum absolute atomic E-state index is 0.0124. The lowest BCUT2D eigenvalue weighted by atomic mass is 10.0. The van der Waals surface area contributed by atoms with Gasteiger partial charge in [-0.05, 0) is 12.8 Å². The third-order valence-corrected chi connectivity index (χ3v) is 7.40. The van der Waals surface area contributed by atoms with Crippen molar-refractivity contribution in [3.8, 4) is 0 Å². The zero-order valence-electron chi connectivity index (χ0n) is 22.2. The molecule has 0 aromatic carbocycles. The van der Waals surface area contributed by atoms with E-state index in [4.69, 9.17) is 14.2 Å². The quantitative estimate of drug-likeness (QED) is 0.140. The predicted molar refractivity (Wildman–Crippen MR) is 143 cm³/mol. The van der Waals surface area contributed by atoms with Crippen molar-refractivity contribution in [2.45, 2.75) is 116 Å². The Labute approximate surface area is 218 Å². The number of ether oxygens (including phenoxy) is 3. The summed E-state index contributed by atoms with van der Waals surface area (Å²) in [5.41, 5.74) is 2.01. The Hall–Kier alpha value is -1.18. The van der Waals surface area contributed by atoms with Crippen LogP contribution in [0.5, 0.6) is 0 Å². The first-order chi connectivity index (χ1) is 17.3. The molecule has 1 aliphatic heterocycles. The Morgan fingerprint density at radius 3 is 2.26 bits per heavy atom. The molecule has 0 aliphatic carbocycles. The minimum Gasteiger partial charge on any atom is -0.447 e. The van der Waals surface area contributed by atoms with Crippen LogP contribution in [-0.2, 0) is 20.8 Å². The highest BCUT2D eigenvalue weighted by molar-refractivity contribution is 7.07. The molecular weight excluding hydrogens is 460 g/mol. The van der Waals surface area contributed by atoms with E-state index in [1.54, 1.807) is 11.3 Å². The molecule has 2 rings (SSSR count). The SMILES string of the molecule is CCCCCCCCCCCCCCCCOC[C@H]1CO[C@H](COC(=O)NCC[n+]2ccsc2)C1. The highest BCUT2D eigenvalue weighted by atomic mass is 32.1. The largest absolute Gasteiger partial charge is 0.447 e. The number of thiazole rings is 1. The third-order valence-electron chi connectivity index (χ3n) is 6.73. The number of hydrogen-bond acceptors (Lipinski definition) is 5. The van der Waals surface area contributed by atoms with E-state index in [1.807, 2.05) is 21.7 Å². The molecule has 0 saturated carbocycles. The van der Waals surface area contributed by atoms with Crippen LogP contribution in [0.4, 0.5) is 4.79 Å². The first kappa shape index (κ1) is 30.0. The highest BCUT2D eigenvalue weighted by Gasteiger charge is 2.26. The Morgan fingerprint density at radius 2 is 1.63 bits per heavy atom. The van der Waals surface area contributed by atoms with Crippen molar-refractivity contribution in [3.05, 3.63) is 17.1 Å². The zero-order valence-corrected chi connectivity index (χ0v) is 23.0. The summed E-state index contributed by atoms with van der Waals surface area (Å²) < 4.78 is 19.0. The van der Waals surface area contributed by atoms with Gasteiger partial charge in [-0.2, -0.15) is 4.57 Å². The van der Waals surface area contributed by atoms with Crippen molar-refractivity contribution in [3.63, 3.8) is 0 Å². The van der Waals surface area contributed by atoms with Gasteiger partial charge in [0, 0.05) is 12.5 Å². The van der Waals surface area contributed by atoms with Gasteiger partial charge in [0.25, 0.3) is 0 Å². The molecule has 6 nitrogen and oxygen atoms in total. The van der Waals surface area contributed by atoms with E-state index in [1.165, 1.54) is 83.5 Å². The number of alkyl carbamates (subject to hydrolysis) is 1. The Morgan fingerprint density at radius 1 is 0.971 bits per heavy atom. The van der Waals surface area contributed by atoms with Crippen LogP contribution in [-0.4, -0.2) is 45.2 Å². The number of carbonyl (C=O) groups excluding carboxylic acids is 1. The maximum atomic E-state index is 11.8. The van der Waals surface area contributed by atoms with Gasteiger partial charge in [-0.1, -0.05) is 102 Å². The molecule has 202 valence electrons. The molecule has 1 aliphatic rings. The molecule has 0 radical (unpaired) electrons. The van der Waals surface area contributed by atoms with Crippen molar-refractivity contribution in [1.82, 2.24) is 5.32 Å². The predicted octanol–water partition coefficient (Wildman–Crippen LogP) is 6.66. The topological polar surface area (TPSA) is 60.7 Å². The van der Waals surface area contributed by atoms with E-state index < -0.39 is 0 Å². The molecule has 35 heavy (non-hydrogen) atoms. The second-order valence-electron chi connectivity index (χ2n) is 10.0. The molecule has 1 aromatic rings. The van der Waals surface area contributed by atoms with Gasteiger partial charge in [0.15, 0.2) is 12.7 Å². The highest BCUT2D eigenvalue weighted by Crippen LogP contribution is 2.20. The molecule has 7 heteroatoms. The molecule has 1 aromatic heterocycles. The van der Waals surface area contributed by atoms with E-state index in [-0.39, 0.29) is 12.2 Å². The number of nitrogens with zero attached hydrogens (tertiary/aromatic N) is 1. The molecule has 1 N–H and O–H groups in total. The summed E-state index contributed by atoms with van der Waals surface area (Å²) >= 11 is 1.63. The fourth-order valence-corrected chi connectivity index (χ4v) is 5.19. The van der Waals surface area contributed by atoms with E-state index in [0.29, 0.717) is 25.7 Å². The van der Waals surface area contributed by atoms with Crippen LogP contribution in [0, 0.1) is 5.92 Å². The van der Waals surface area contributed by atoms with Crippen molar-refractivity contribution >= 4 is 17.4 Å². The average Bonchev–Trinajstić information content (AvgIpc) is 3.55. The van der Waals surface area contributed by atoms with Crippen molar-refractivity contribution in [2.24, 2.45) is 5.92 Å². The van der Waals surface area contributed by atoms with Crippen molar-refractivity contribution in [2.75, 3.05) is 33.0 Å². The first-order valence-electron chi connectivity index (χ1n) is 14.3. The summed E-state index contributed by atoms with van der Waals surface area (Å²) in [5, 5.41) is 4.79. The van der Waals surface area contributed by atoms with Crippen LogP contribution in [0.25, 0.3) is 0 Å². The van der Waals surface area contributed by atoms with E-state index in [2.05, 4.69) is 12.2 Å². The summed E-state index contributed by atoms with van der Waals surface area (Å²) in [6.45, 7) is 6.19. The second kappa shape index (κ2) is 21.0. The molecular formula is C28H51N2O4S+. The van der Waals surface area contributed by atoms with E-state index in [9.17, 15) is 4.79 Å². The lowest BCUT2D eigenvalue weighted by Crippen LogP contribution is -2.39. The Kier molecular flexibility index (Phi) is 18.0. The lowest BCUT2D eigenvalue weighted by molar-refractivity contribution is -0.690. The molecule has 2 heterocycles. The van der Waals surface area contributed by atoms with Gasteiger partial charge in [0.2, 0.25) is 5.51 Å². The fourth-order valence-electron chi connectivity index (χ4n) is 4.56. The van der Waals surface area contributed by atoms with Crippen LogP contribution in [0.1, 0.15) is 103 Å². The summed E-state index contributed by atoms with van der Waals surface area (Å²) in [7, 11) is 0. The van der Waals surface area contributed by atoms with Gasteiger partial charge >= 0.3 is 6.09 Å². The van der Waals surface area contributed by atoms with Gasteiger partial charge in [-0.15, -0.1) is 0 Å². The normalized spacial score (nSPS) is 17.6. The molecule has 0 spiro atoms. The van der Waals surface area contributed by atoms with Gasteiger partial charge < -0.3 is 19.5 Å². The van der Waals surface area contributed by atoms with Crippen LogP contribution in [0.3, 0.4) is 0 Å². The molecule has 0 bridgehead atoms. The van der Waals surface area contributed by atoms with Gasteiger partial charge in [0.05, 0.1) is 31.2 Å². The zero-order chi connectivity index (χ0) is 24.8. The van der Waals surface area contributed by atoms with Crippen LogP contribution < -0.4 is 9.88 Å². The number of nitrogens with one attached hydrogen (secondary N) is 1. The molecule has 2 atom stereocenters. The van der Waals surface area contributed by atoms with Crippen LogP contribution in [0.15, 0.2) is 17.1 Å². The summed E-state index contributed by atoms with van der Waals surface area (Å²) in [6, 6.07) is 0. The number of unbranched alkanes of at least 4 members (excludes halogenated alkanes) is 13. The van der Waals surface area contributed by atoms with Gasteiger partial charge in [-0.3, -0.25) is 0 Å². The third kappa shape index (κ3) is 16.2. The first-order valence-corrected chi connectivity index (χ1v) is 15.2. The maximum absolute atomic E-state index is 11.8. The maximum Gasteiger partial charge on any atom is 0.407 e. The number of carbonyl (C=O) groups is 1. The average molecular weight is 512 g/mol. The van der Waals surface area contributed by atoms with E-state index in [0.717, 1.165) is 32.6 Å².